The van der Waals surface area contributed by atoms with Gasteiger partial charge in [-0.05, 0) is 30.0 Å². The molecule has 0 radical (unpaired) electrons. The van der Waals surface area contributed by atoms with Crippen LogP contribution in [0.4, 0.5) is 0 Å². The van der Waals surface area contributed by atoms with Gasteiger partial charge in [0.15, 0.2) is 12.0 Å². The van der Waals surface area contributed by atoms with Crippen LogP contribution in [0.25, 0.3) is 17.3 Å². The third-order valence-electron chi connectivity index (χ3n) is 5.22. The van der Waals surface area contributed by atoms with Crippen molar-refractivity contribution in [2.24, 2.45) is 0 Å². The summed E-state index contributed by atoms with van der Waals surface area (Å²) in [7, 11) is 0. The minimum Gasteiger partial charge on any atom is -0.477 e. The number of aromatic carboxylic acids is 1. The average molecular weight is 447 g/mol. The Morgan fingerprint density at radius 3 is 2.64 bits per heavy atom. The molecule has 1 fully saturated rings. The SMILES string of the molecule is O=C(/C=C/c1ccc(Cc2nc(-c3ccccc3)c(C(=O)O)[nH]2)cc1)NOC1CCCCO1. The number of carboxylic acid groups (broad SMARTS) is 1. The number of imidazole rings is 1. The van der Waals surface area contributed by atoms with Gasteiger partial charge in [-0.2, -0.15) is 0 Å². The molecule has 4 rings (SSSR count). The van der Waals surface area contributed by atoms with Crippen molar-refractivity contribution < 1.29 is 24.3 Å². The van der Waals surface area contributed by atoms with Gasteiger partial charge >= 0.3 is 5.97 Å². The van der Waals surface area contributed by atoms with E-state index in [1.165, 1.54) is 6.08 Å². The Bertz CT molecular complexity index is 1120. The van der Waals surface area contributed by atoms with Crippen molar-refractivity contribution in [1.29, 1.82) is 0 Å². The minimum atomic E-state index is -1.05. The number of nitrogens with zero attached hydrogens (tertiary/aromatic N) is 1. The van der Waals surface area contributed by atoms with E-state index < -0.39 is 5.97 Å². The number of benzene rings is 2. The number of aromatic nitrogens is 2. The molecule has 2 heterocycles. The van der Waals surface area contributed by atoms with E-state index in [0.29, 0.717) is 24.5 Å². The Hall–Kier alpha value is -3.75. The summed E-state index contributed by atoms with van der Waals surface area (Å²) in [5.74, 6) is -0.847. The molecule has 33 heavy (non-hydrogen) atoms. The molecule has 1 aliphatic rings. The number of hydrogen-bond acceptors (Lipinski definition) is 5. The van der Waals surface area contributed by atoms with Crippen LogP contribution < -0.4 is 5.48 Å². The fourth-order valence-electron chi connectivity index (χ4n) is 3.54. The van der Waals surface area contributed by atoms with Crippen LogP contribution in [0.15, 0.2) is 60.7 Å². The Morgan fingerprint density at radius 2 is 1.94 bits per heavy atom. The van der Waals surface area contributed by atoms with Gasteiger partial charge in [-0.25, -0.2) is 20.1 Å². The zero-order chi connectivity index (χ0) is 23.0. The summed E-state index contributed by atoms with van der Waals surface area (Å²) in [4.78, 5) is 36.3. The molecule has 1 aromatic heterocycles. The second kappa shape index (κ2) is 10.7. The van der Waals surface area contributed by atoms with Crippen molar-refractivity contribution >= 4 is 18.0 Å². The summed E-state index contributed by atoms with van der Waals surface area (Å²) in [6.45, 7) is 0.645. The lowest BCUT2D eigenvalue weighted by Gasteiger charge is -2.21. The standard InChI is InChI=1S/C25H25N3O5/c29-21(28-33-22-8-4-5-15-32-22)14-13-17-9-11-18(12-10-17)16-20-26-23(24(27-20)25(30)31)19-6-2-1-3-7-19/h1-3,6-7,9-14,22H,4-5,8,15-16H2,(H,26,27)(H,28,29)(H,30,31)/b14-13+. The second-order valence-corrected chi connectivity index (χ2v) is 7.71. The lowest BCUT2D eigenvalue weighted by Crippen LogP contribution is -2.32. The Labute approximate surface area is 191 Å². The highest BCUT2D eigenvalue weighted by Crippen LogP contribution is 2.22. The van der Waals surface area contributed by atoms with Gasteiger partial charge < -0.3 is 14.8 Å². The molecule has 8 nitrogen and oxygen atoms in total. The maximum Gasteiger partial charge on any atom is 0.354 e. The summed E-state index contributed by atoms with van der Waals surface area (Å²) in [5.41, 5.74) is 5.43. The molecule has 8 heteroatoms. The van der Waals surface area contributed by atoms with Gasteiger partial charge in [0.25, 0.3) is 5.91 Å². The van der Waals surface area contributed by atoms with Gasteiger partial charge in [0, 0.05) is 31.1 Å². The number of H-pyrrole nitrogens is 1. The van der Waals surface area contributed by atoms with E-state index in [2.05, 4.69) is 15.4 Å². The van der Waals surface area contributed by atoms with Gasteiger partial charge in [-0.3, -0.25) is 4.79 Å². The summed E-state index contributed by atoms with van der Waals surface area (Å²) in [5, 5.41) is 9.53. The Morgan fingerprint density at radius 1 is 1.15 bits per heavy atom. The first-order valence-electron chi connectivity index (χ1n) is 10.8. The van der Waals surface area contributed by atoms with Crippen LogP contribution >= 0.6 is 0 Å². The highest BCUT2D eigenvalue weighted by molar-refractivity contribution is 5.93. The van der Waals surface area contributed by atoms with Crippen molar-refractivity contribution in [3.8, 4) is 11.3 Å². The van der Waals surface area contributed by atoms with Crippen molar-refractivity contribution in [3.05, 3.63) is 83.3 Å². The summed E-state index contributed by atoms with van der Waals surface area (Å²) < 4.78 is 5.40. The number of amides is 1. The zero-order valence-electron chi connectivity index (χ0n) is 18.0. The summed E-state index contributed by atoms with van der Waals surface area (Å²) in [6.07, 6.45) is 5.95. The van der Waals surface area contributed by atoms with Gasteiger partial charge in [0.2, 0.25) is 0 Å². The van der Waals surface area contributed by atoms with Crippen LogP contribution in [0.1, 0.15) is 46.7 Å². The normalized spacial score (nSPS) is 16.1. The fraction of sp³-hybridized carbons (Fsp3) is 0.240. The van der Waals surface area contributed by atoms with E-state index in [9.17, 15) is 14.7 Å². The van der Waals surface area contributed by atoms with Gasteiger partial charge in [-0.1, -0.05) is 54.6 Å². The molecule has 1 aliphatic heterocycles. The van der Waals surface area contributed by atoms with Gasteiger partial charge in [0.05, 0.1) is 0 Å². The maximum atomic E-state index is 11.9. The number of carbonyl (C=O) groups is 2. The van der Waals surface area contributed by atoms with Gasteiger partial charge in [-0.15, -0.1) is 0 Å². The number of ether oxygens (including phenoxy) is 1. The highest BCUT2D eigenvalue weighted by Gasteiger charge is 2.18. The first kappa shape index (κ1) is 22.4. The molecule has 3 aromatic rings. The molecule has 0 aliphatic carbocycles. The van der Waals surface area contributed by atoms with Crippen LogP contribution in [0, 0.1) is 0 Å². The molecule has 1 unspecified atom stereocenters. The number of rotatable bonds is 8. The quantitative estimate of drug-likeness (QED) is 0.356. The molecule has 0 saturated carbocycles. The van der Waals surface area contributed by atoms with Crippen molar-refractivity contribution in [2.75, 3.05) is 6.61 Å². The predicted octanol–water partition coefficient (Wildman–Crippen LogP) is 3.95. The monoisotopic (exact) mass is 447 g/mol. The highest BCUT2D eigenvalue weighted by atomic mass is 16.8. The molecular formula is C25H25N3O5. The topological polar surface area (TPSA) is 114 Å². The van der Waals surface area contributed by atoms with Crippen LogP contribution in [0.5, 0.6) is 0 Å². The fourth-order valence-corrected chi connectivity index (χ4v) is 3.54. The molecule has 3 N–H and O–H groups in total. The smallest absolute Gasteiger partial charge is 0.354 e. The molecule has 0 bridgehead atoms. The molecule has 1 atom stereocenters. The second-order valence-electron chi connectivity index (χ2n) is 7.71. The lowest BCUT2D eigenvalue weighted by molar-refractivity contribution is -0.198. The zero-order valence-corrected chi connectivity index (χ0v) is 18.0. The number of nitrogens with one attached hydrogen (secondary N) is 2. The number of hydroxylamine groups is 1. The minimum absolute atomic E-state index is 0.0719. The third-order valence-corrected chi connectivity index (χ3v) is 5.22. The van der Waals surface area contributed by atoms with Crippen LogP contribution in [-0.4, -0.2) is 39.8 Å². The summed E-state index contributed by atoms with van der Waals surface area (Å²) in [6, 6.07) is 16.8. The predicted molar refractivity (Wildman–Crippen MR) is 122 cm³/mol. The van der Waals surface area contributed by atoms with E-state index in [4.69, 9.17) is 9.57 Å². The van der Waals surface area contributed by atoms with Crippen LogP contribution in [0.3, 0.4) is 0 Å². The summed E-state index contributed by atoms with van der Waals surface area (Å²) >= 11 is 0. The first-order valence-corrected chi connectivity index (χ1v) is 10.8. The van der Waals surface area contributed by atoms with Crippen molar-refractivity contribution in [2.45, 2.75) is 32.0 Å². The first-order chi connectivity index (χ1) is 16.1. The molecule has 0 spiro atoms. The Balaban J connectivity index is 1.36. The molecule has 2 aromatic carbocycles. The van der Waals surface area contributed by atoms with Crippen molar-refractivity contribution in [1.82, 2.24) is 15.4 Å². The number of hydrogen-bond donors (Lipinski definition) is 3. The number of carboxylic acids is 1. The van der Waals surface area contributed by atoms with E-state index in [1.54, 1.807) is 6.08 Å². The average Bonchev–Trinajstić information content (AvgIpc) is 3.28. The van der Waals surface area contributed by atoms with E-state index >= 15 is 0 Å². The molecule has 1 amide bonds. The van der Waals surface area contributed by atoms with Crippen LogP contribution in [0.2, 0.25) is 0 Å². The van der Waals surface area contributed by atoms with E-state index in [1.807, 2.05) is 54.6 Å². The van der Waals surface area contributed by atoms with Gasteiger partial charge in [0.1, 0.15) is 11.5 Å². The van der Waals surface area contributed by atoms with E-state index in [0.717, 1.165) is 36.0 Å². The van der Waals surface area contributed by atoms with Crippen molar-refractivity contribution in [3.63, 3.8) is 0 Å². The maximum absolute atomic E-state index is 11.9. The molecule has 1 saturated heterocycles. The largest absolute Gasteiger partial charge is 0.477 e. The molecular weight excluding hydrogens is 422 g/mol. The number of aromatic amines is 1. The lowest BCUT2D eigenvalue weighted by atomic mass is 10.1. The third kappa shape index (κ3) is 6.15. The number of carbonyl (C=O) groups excluding carboxylic acids is 1. The van der Waals surface area contributed by atoms with E-state index in [-0.39, 0.29) is 17.9 Å². The Kier molecular flexibility index (Phi) is 7.29. The molecule has 170 valence electrons. The van der Waals surface area contributed by atoms with Crippen LogP contribution in [-0.2, 0) is 20.8 Å².